The summed E-state index contributed by atoms with van der Waals surface area (Å²) in [6.07, 6.45) is 2.64. The molecule has 6 nitrogen and oxygen atoms in total. The number of rotatable bonds is 5. The van der Waals surface area contributed by atoms with Gasteiger partial charge >= 0.3 is 5.97 Å². The van der Waals surface area contributed by atoms with Gasteiger partial charge < -0.3 is 10.4 Å². The van der Waals surface area contributed by atoms with E-state index in [4.69, 9.17) is 4.98 Å². The number of aliphatic carboxylic acids is 1. The smallest absolute Gasteiger partial charge is 0.333 e. The average Bonchev–Trinajstić information content (AvgIpc) is 2.77. The van der Waals surface area contributed by atoms with Crippen LogP contribution in [0.3, 0.4) is 0 Å². The molecule has 0 saturated heterocycles. The molecule has 0 saturated carbocycles. The Morgan fingerprint density at radius 2 is 2.00 bits per heavy atom. The van der Waals surface area contributed by atoms with Crippen LogP contribution < -0.4 is 10.9 Å². The molecule has 2 atom stereocenters. The molecule has 2 N–H and O–H groups in total. The topological polar surface area (TPSA) is 84.2 Å². The van der Waals surface area contributed by atoms with Gasteiger partial charge in [0.2, 0.25) is 0 Å². The van der Waals surface area contributed by atoms with Crippen molar-refractivity contribution < 1.29 is 14.3 Å². The van der Waals surface area contributed by atoms with Crippen molar-refractivity contribution in [2.75, 3.05) is 0 Å². The van der Waals surface area contributed by atoms with Crippen LogP contribution in [0, 0.1) is 6.92 Å². The van der Waals surface area contributed by atoms with Crippen molar-refractivity contribution >= 4 is 16.9 Å². The minimum absolute atomic E-state index is 0.0253. The third-order valence-electron chi connectivity index (χ3n) is 5.77. The first-order chi connectivity index (χ1) is 15.3. The van der Waals surface area contributed by atoms with Crippen LogP contribution >= 0.6 is 0 Å². The van der Waals surface area contributed by atoms with E-state index in [1.807, 2.05) is 56.3 Å². The van der Waals surface area contributed by atoms with Crippen LogP contribution in [0.2, 0.25) is 0 Å². The Morgan fingerprint density at radius 3 is 2.69 bits per heavy atom. The first kappa shape index (κ1) is 21.6. The highest BCUT2D eigenvalue weighted by Crippen LogP contribution is 2.28. The van der Waals surface area contributed by atoms with Crippen LogP contribution in [-0.2, 0) is 11.8 Å². The fourth-order valence-corrected chi connectivity index (χ4v) is 4.15. The average molecular weight is 433 g/mol. The summed E-state index contributed by atoms with van der Waals surface area (Å²) >= 11 is 0. The van der Waals surface area contributed by atoms with Gasteiger partial charge in [-0.3, -0.25) is 9.36 Å². The Bertz CT molecular complexity index is 1330. The molecule has 1 aliphatic carbocycles. The van der Waals surface area contributed by atoms with Crippen LogP contribution in [0.15, 0.2) is 70.8 Å². The maximum absolute atomic E-state index is 13.6. The van der Waals surface area contributed by atoms with Crippen LogP contribution in [0.1, 0.15) is 30.5 Å². The zero-order valence-electron chi connectivity index (χ0n) is 18.1. The quantitative estimate of drug-likeness (QED) is 0.630. The van der Waals surface area contributed by atoms with Gasteiger partial charge in [0.1, 0.15) is 11.7 Å². The number of nitrogens with zero attached hydrogens (tertiary/aromatic N) is 2. The summed E-state index contributed by atoms with van der Waals surface area (Å²) in [5.74, 6) is -1.16. The number of benzene rings is 2. The summed E-state index contributed by atoms with van der Waals surface area (Å²) in [5.41, 5.74) is 2.90. The number of aromatic nitrogens is 2. The molecule has 164 valence electrons. The fraction of sp³-hybridized carbons (Fsp3) is 0.240. The Labute approximate surface area is 184 Å². The number of nitrogens with one attached hydrogen (secondary N) is 1. The number of fused-ring (bicyclic) bond motifs is 1. The third-order valence-corrected chi connectivity index (χ3v) is 5.77. The van der Waals surface area contributed by atoms with E-state index in [9.17, 15) is 19.1 Å². The van der Waals surface area contributed by atoms with Crippen molar-refractivity contribution in [3.63, 3.8) is 0 Å². The summed E-state index contributed by atoms with van der Waals surface area (Å²) in [6.45, 7) is 3.80. The van der Waals surface area contributed by atoms with E-state index >= 15 is 0 Å². The fourth-order valence-electron chi connectivity index (χ4n) is 4.15. The van der Waals surface area contributed by atoms with Gasteiger partial charge in [-0.05, 0) is 49.6 Å². The van der Waals surface area contributed by atoms with Crippen molar-refractivity contribution in [1.82, 2.24) is 14.9 Å². The molecule has 32 heavy (non-hydrogen) atoms. The second-order valence-electron chi connectivity index (χ2n) is 8.09. The van der Waals surface area contributed by atoms with E-state index in [1.54, 1.807) is 11.6 Å². The molecule has 2 aromatic carbocycles. The molecule has 0 aliphatic heterocycles. The van der Waals surface area contributed by atoms with Crippen LogP contribution in [-0.4, -0.2) is 26.7 Å². The molecule has 1 heterocycles. The maximum atomic E-state index is 13.6. The van der Waals surface area contributed by atoms with Gasteiger partial charge in [0.05, 0.1) is 16.5 Å². The predicted molar refractivity (Wildman–Crippen MR) is 122 cm³/mol. The van der Waals surface area contributed by atoms with Crippen molar-refractivity contribution in [2.24, 2.45) is 7.05 Å². The van der Waals surface area contributed by atoms with Gasteiger partial charge in [0.25, 0.3) is 5.56 Å². The van der Waals surface area contributed by atoms with E-state index in [2.05, 4.69) is 5.32 Å². The summed E-state index contributed by atoms with van der Waals surface area (Å²) in [7, 11) is 1.70. The summed E-state index contributed by atoms with van der Waals surface area (Å²) < 4.78 is 15.2. The zero-order valence-corrected chi connectivity index (χ0v) is 18.1. The lowest BCUT2D eigenvalue weighted by atomic mass is 9.95. The Hall–Kier alpha value is -3.58. The van der Waals surface area contributed by atoms with Gasteiger partial charge in [-0.15, -0.1) is 0 Å². The number of allylic oxidation sites excluding steroid dienone is 2. The third kappa shape index (κ3) is 3.99. The number of carboxylic acid groups (broad SMARTS) is 1. The van der Waals surface area contributed by atoms with Gasteiger partial charge in [-0.25, -0.2) is 14.2 Å². The monoisotopic (exact) mass is 433 g/mol. The number of hydrogen-bond donors (Lipinski definition) is 2. The Balaban J connectivity index is 1.82. The molecule has 0 spiro atoms. The van der Waals surface area contributed by atoms with Gasteiger partial charge in [-0.1, -0.05) is 36.4 Å². The first-order valence-corrected chi connectivity index (χ1v) is 10.4. The highest BCUT2D eigenvalue weighted by Gasteiger charge is 2.26. The van der Waals surface area contributed by atoms with Crippen LogP contribution in [0.4, 0.5) is 4.39 Å². The molecule has 0 radical (unpaired) electrons. The van der Waals surface area contributed by atoms with Gasteiger partial charge in [0, 0.05) is 24.7 Å². The van der Waals surface area contributed by atoms with E-state index in [-0.39, 0.29) is 23.6 Å². The maximum Gasteiger partial charge on any atom is 0.333 e. The second-order valence-corrected chi connectivity index (χ2v) is 8.09. The van der Waals surface area contributed by atoms with Gasteiger partial charge in [0.15, 0.2) is 0 Å². The minimum atomic E-state index is -1.16. The van der Waals surface area contributed by atoms with Crippen LogP contribution in [0.5, 0.6) is 0 Å². The van der Waals surface area contributed by atoms with E-state index in [0.717, 1.165) is 22.8 Å². The molecule has 1 unspecified atom stereocenters. The second kappa shape index (κ2) is 8.51. The molecule has 7 heteroatoms. The Kier molecular flexibility index (Phi) is 5.76. The lowest BCUT2D eigenvalue weighted by Gasteiger charge is -2.26. The molecular weight excluding hydrogens is 409 g/mol. The lowest BCUT2D eigenvalue weighted by molar-refractivity contribution is -0.133. The largest absolute Gasteiger partial charge is 0.478 e. The summed E-state index contributed by atoms with van der Waals surface area (Å²) in [6, 6.07) is 12.4. The zero-order chi connectivity index (χ0) is 23.0. The number of hydrogen-bond acceptors (Lipinski definition) is 4. The molecular formula is C25H24FN3O3. The van der Waals surface area contributed by atoms with E-state index in [1.165, 1.54) is 6.08 Å². The predicted octanol–water partition coefficient (Wildman–Crippen LogP) is 4.20. The van der Waals surface area contributed by atoms with Gasteiger partial charge in [-0.2, -0.15) is 0 Å². The Morgan fingerprint density at radius 1 is 1.28 bits per heavy atom. The van der Waals surface area contributed by atoms with Crippen LogP contribution in [0.25, 0.3) is 22.3 Å². The molecule has 0 bridgehead atoms. The molecule has 0 fully saturated rings. The van der Waals surface area contributed by atoms with Crippen molar-refractivity contribution in [3.05, 3.63) is 87.5 Å². The lowest BCUT2D eigenvalue weighted by Crippen LogP contribution is -2.37. The molecule has 1 aromatic heterocycles. The summed E-state index contributed by atoms with van der Waals surface area (Å²) in [5, 5.41) is 13.3. The molecule has 4 rings (SSSR count). The number of aryl methyl sites for hydroxylation is 1. The number of halogens is 1. The normalized spacial score (nSPS) is 17.1. The number of carboxylic acids is 1. The standard InChI is InChI=1S/C25H24FN3O3/c1-14-11-18(15(2)27-21-10-9-17(26)13-19(21)25(31)32)22-20(12-14)24(30)29(3)23(28-22)16-7-5-4-6-8-16/h4-9,11-13,15,21,27H,10H2,1-3H3,(H,31,32)/t15-,21?/m1/s1. The summed E-state index contributed by atoms with van der Waals surface area (Å²) in [4.78, 5) is 29.7. The van der Waals surface area contributed by atoms with Crippen molar-refractivity contribution in [2.45, 2.75) is 32.4 Å². The first-order valence-electron chi connectivity index (χ1n) is 10.4. The van der Waals surface area contributed by atoms with E-state index < -0.39 is 17.8 Å². The number of carbonyl (C=O) groups is 1. The van der Waals surface area contributed by atoms with Crippen molar-refractivity contribution in [1.29, 1.82) is 0 Å². The minimum Gasteiger partial charge on any atom is -0.478 e. The molecule has 3 aromatic rings. The van der Waals surface area contributed by atoms with E-state index in [0.29, 0.717) is 16.7 Å². The SMILES string of the molecule is Cc1cc([C@@H](C)NC2CC=C(F)C=C2C(=O)O)c2nc(-c3ccccc3)n(C)c(=O)c2c1. The molecule has 0 amide bonds. The highest BCUT2D eigenvalue weighted by molar-refractivity contribution is 5.89. The highest BCUT2D eigenvalue weighted by atomic mass is 19.1. The molecule has 1 aliphatic rings. The van der Waals surface area contributed by atoms with Crippen molar-refractivity contribution in [3.8, 4) is 11.4 Å².